The second kappa shape index (κ2) is 6.72. The lowest BCUT2D eigenvalue weighted by Gasteiger charge is -2.10. The highest BCUT2D eigenvalue weighted by Gasteiger charge is 2.04. The molecule has 106 valence electrons. The maximum Gasteiger partial charge on any atom is 0.130 e. The Morgan fingerprint density at radius 1 is 1.20 bits per heavy atom. The van der Waals surface area contributed by atoms with E-state index >= 15 is 0 Å². The summed E-state index contributed by atoms with van der Waals surface area (Å²) < 4.78 is 11.8. The Bertz CT molecular complexity index is 602. The molecule has 0 saturated carbocycles. The molecule has 4 nitrogen and oxygen atoms in total. The van der Waals surface area contributed by atoms with E-state index in [1.54, 1.807) is 13.2 Å². The van der Waals surface area contributed by atoms with Gasteiger partial charge < -0.3 is 14.6 Å². The van der Waals surface area contributed by atoms with Gasteiger partial charge in [0.25, 0.3) is 0 Å². The lowest BCUT2D eigenvalue weighted by Crippen LogP contribution is -2.01. The van der Waals surface area contributed by atoms with Crippen LogP contribution in [0.2, 0.25) is 0 Å². The number of ether oxygens (including phenoxy) is 2. The number of halogens is 1. The summed E-state index contributed by atoms with van der Waals surface area (Å²) in [5.41, 5.74) is 2.47. The van der Waals surface area contributed by atoms with E-state index in [2.05, 4.69) is 20.9 Å². The fourth-order valence-electron chi connectivity index (χ4n) is 1.81. The van der Waals surface area contributed by atoms with Gasteiger partial charge in [-0.1, -0.05) is 15.9 Å². The predicted octanol–water partition coefficient (Wildman–Crippen LogP) is 3.23. The lowest BCUT2D eigenvalue weighted by molar-refractivity contribution is 0.276. The molecule has 2 rings (SSSR count). The highest BCUT2D eigenvalue weighted by Crippen LogP contribution is 2.23. The fourth-order valence-corrected chi connectivity index (χ4v) is 2.19. The van der Waals surface area contributed by atoms with Crippen LogP contribution in [0.5, 0.6) is 11.5 Å². The van der Waals surface area contributed by atoms with Crippen LogP contribution in [0.3, 0.4) is 0 Å². The van der Waals surface area contributed by atoms with E-state index in [9.17, 15) is 5.11 Å². The highest BCUT2D eigenvalue weighted by molar-refractivity contribution is 9.10. The average Bonchev–Trinajstić information content (AvgIpc) is 2.45. The van der Waals surface area contributed by atoms with Crippen LogP contribution < -0.4 is 9.47 Å². The van der Waals surface area contributed by atoms with E-state index in [0.29, 0.717) is 12.4 Å². The number of rotatable bonds is 5. The van der Waals surface area contributed by atoms with Crippen LogP contribution in [0.1, 0.15) is 17.0 Å². The zero-order chi connectivity index (χ0) is 14.5. The first-order valence-corrected chi connectivity index (χ1v) is 6.95. The molecule has 20 heavy (non-hydrogen) atoms. The van der Waals surface area contributed by atoms with Crippen molar-refractivity contribution in [1.82, 2.24) is 4.98 Å². The smallest absolute Gasteiger partial charge is 0.130 e. The molecule has 5 heteroatoms. The molecule has 1 N–H and O–H groups in total. The number of aromatic nitrogens is 1. The standard InChI is InChI=1S/C15H16BrNO3/c1-10-5-14(19-2)7-12(17-10)9-20-13-3-4-15(16)11(6-13)8-18/h3-7,18H,8-9H2,1-2H3. The molecule has 0 unspecified atom stereocenters. The maximum absolute atomic E-state index is 9.22. The van der Waals surface area contributed by atoms with Crippen LogP contribution >= 0.6 is 15.9 Å². The molecule has 0 fully saturated rings. The van der Waals surface area contributed by atoms with Crippen LogP contribution in [0.4, 0.5) is 0 Å². The van der Waals surface area contributed by atoms with Gasteiger partial charge in [0.05, 0.1) is 19.4 Å². The SMILES string of the molecule is COc1cc(C)nc(COc2ccc(Br)c(CO)c2)c1. The summed E-state index contributed by atoms with van der Waals surface area (Å²) in [7, 11) is 1.63. The summed E-state index contributed by atoms with van der Waals surface area (Å²) in [6.07, 6.45) is 0. The van der Waals surface area contributed by atoms with Gasteiger partial charge in [0.1, 0.15) is 18.1 Å². The molecular formula is C15H16BrNO3. The summed E-state index contributed by atoms with van der Waals surface area (Å²) in [6.45, 7) is 2.23. The third kappa shape index (κ3) is 3.71. The molecule has 1 aromatic heterocycles. The molecule has 1 aromatic carbocycles. The van der Waals surface area contributed by atoms with Crippen molar-refractivity contribution in [2.45, 2.75) is 20.1 Å². The molecule has 2 aromatic rings. The number of aliphatic hydroxyl groups is 1. The Labute approximate surface area is 126 Å². The summed E-state index contributed by atoms with van der Waals surface area (Å²) in [4.78, 5) is 4.39. The molecule has 0 amide bonds. The number of aryl methyl sites for hydroxylation is 1. The minimum absolute atomic E-state index is 0.0334. The third-order valence-corrected chi connectivity index (χ3v) is 3.56. The number of pyridine rings is 1. The van der Waals surface area contributed by atoms with Crippen molar-refractivity contribution in [2.75, 3.05) is 7.11 Å². The van der Waals surface area contributed by atoms with Crippen molar-refractivity contribution < 1.29 is 14.6 Å². The third-order valence-electron chi connectivity index (χ3n) is 2.79. The van der Waals surface area contributed by atoms with Crippen LogP contribution in [-0.4, -0.2) is 17.2 Å². The zero-order valence-electron chi connectivity index (χ0n) is 11.4. The van der Waals surface area contributed by atoms with Gasteiger partial charge >= 0.3 is 0 Å². The molecule has 0 aliphatic heterocycles. The number of hydrogen-bond acceptors (Lipinski definition) is 4. The van der Waals surface area contributed by atoms with Crippen LogP contribution in [-0.2, 0) is 13.2 Å². The van der Waals surface area contributed by atoms with Crippen molar-refractivity contribution in [3.8, 4) is 11.5 Å². The first-order chi connectivity index (χ1) is 9.62. The normalized spacial score (nSPS) is 10.4. The summed E-state index contributed by atoms with van der Waals surface area (Å²) >= 11 is 3.37. The number of methoxy groups -OCH3 is 1. The van der Waals surface area contributed by atoms with E-state index < -0.39 is 0 Å². The highest BCUT2D eigenvalue weighted by atomic mass is 79.9. The predicted molar refractivity (Wildman–Crippen MR) is 79.9 cm³/mol. The molecule has 0 spiro atoms. The van der Waals surface area contributed by atoms with Crippen molar-refractivity contribution in [1.29, 1.82) is 0 Å². The van der Waals surface area contributed by atoms with Crippen molar-refractivity contribution in [3.05, 3.63) is 51.8 Å². The molecule has 0 aliphatic carbocycles. The van der Waals surface area contributed by atoms with E-state index in [4.69, 9.17) is 9.47 Å². The monoisotopic (exact) mass is 337 g/mol. The number of hydrogen-bond donors (Lipinski definition) is 1. The molecule has 0 bridgehead atoms. The lowest BCUT2D eigenvalue weighted by atomic mass is 10.2. The van der Waals surface area contributed by atoms with Gasteiger partial charge in [-0.25, -0.2) is 0 Å². The Balaban J connectivity index is 2.10. The molecule has 0 radical (unpaired) electrons. The number of benzene rings is 1. The Kier molecular flexibility index (Phi) is 4.98. The largest absolute Gasteiger partial charge is 0.497 e. The Morgan fingerprint density at radius 3 is 2.70 bits per heavy atom. The number of nitrogens with zero attached hydrogens (tertiary/aromatic N) is 1. The summed E-state index contributed by atoms with van der Waals surface area (Å²) in [5, 5.41) is 9.22. The first-order valence-electron chi connectivity index (χ1n) is 6.16. The van der Waals surface area contributed by atoms with Crippen LogP contribution in [0.15, 0.2) is 34.8 Å². The molecule has 0 atom stereocenters. The molecule has 0 aliphatic rings. The van der Waals surface area contributed by atoms with Gasteiger partial charge in [0.15, 0.2) is 0 Å². The van der Waals surface area contributed by atoms with Gasteiger partial charge in [-0.3, -0.25) is 4.98 Å². The Hall–Kier alpha value is -1.59. The van der Waals surface area contributed by atoms with Gasteiger partial charge in [-0.05, 0) is 30.7 Å². The Morgan fingerprint density at radius 2 is 2.00 bits per heavy atom. The van der Waals surface area contributed by atoms with E-state index in [1.807, 2.05) is 31.2 Å². The average molecular weight is 338 g/mol. The topological polar surface area (TPSA) is 51.6 Å². The molecular weight excluding hydrogens is 322 g/mol. The van der Waals surface area contributed by atoms with E-state index in [0.717, 1.165) is 27.2 Å². The second-order valence-electron chi connectivity index (χ2n) is 4.34. The van der Waals surface area contributed by atoms with Crippen molar-refractivity contribution in [3.63, 3.8) is 0 Å². The second-order valence-corrected chi connectivity index (χ2v) is 5.19. The van der Waals surface area contributed by atoms with Gasteiger partial charge in [0.2, 0.25) is 0 Å². The number of aliphatic hydroxyl groups excluding tert-OH is 1. The van der Waals surface area contributed by atoms with E-state index in [-0.39, 0.29) is 6.61 Å². The van der Waals surface area contributed by atoms with Crippen LogP contribution in [0.25, 0.3) is 0 Å². The van der Waals surface area contributed by atoms with Gasteiger partial charge in [-0.2, -0.15) is 0 Å². The summed E-state index contributed by atoms with van der Waals surface area (Å²) in [5.74, 6) is 1.46. The van der Waals surface area contributed by atoms with Crippen molar-refractivity contribution in [2.24, 2.45) is 0 Å². The zero-order valence-corrected chi connectivity index (χ0v) is 13.0. The van der Waals surface area contributed by atoms with Gasteiger partial charge in [-0.15, -0.1) is 0 Å². The van der Waals surface area contributed by atoms with E-state index in [1.165, 1.54) is 0 Å². The summed E-state index contributed by atoms with van der Waals surface area (Å²) in [6, 6.07) is 9.21. The minimum atomic E-state index is -0.0334. The fraction of sp³-hybridized carbons (Fsp3) is 0.267. The molecule has 0 saturated heterocycles. The molecule has 1 heterocycles. The van der Waals surface area contributed by atoms with Crippen LogP contribution in [0, 0.1) is 6.92 Å². The van der Waals surface area contributed by atoms with Gasteiger partial charge in [0, 0.05) is 22.3 Å². The quantitative estimate of drug-likeness (QED) is 0.909. The minimum Gasteiger partial charge on any atom is -0.497 e. The first kappa shape index (κ1) is 14.8. The maximum atomic E-state index is 9.22. The van der Waals surface area contributed by atoms with Crippen molar-refractivity contribution >= 4 is 15.9 Å².